The van der Waals surface area contributed by atoms with Gasteiger partial charge in [-0.25, -0.2) is 4.98 Å². The standard InChI is InChI=1S/C13H19N3O/c1-9-4-3-5-10(2)12(9)16-13(17)11-8-14-6-7-15-11/h6-10,12H,3-5H2,1-2H3,(H,16,17)/t9-,10+,12?. The smallest absolute Gasteiger partial charge is 0.271 e. The van der Waals surface area contributed by atoms with Crippen LogP contribution in [0.2, 0.25) is 0 Å². The second-order valence-electron chi connectivity index (χ2n) is 4.98. The lowest BCUT2D eigenvalue weighted by atomic mass is 9.78. The molecular weight excluding hydrogens is 214 g/mol. The highest BCUT2D eigenvalue weighted by molar-refractivity contribution is 5.92. The molecule has 0 spiro atoms. The van der Waals surface area contributed by atoms with Crippen LogP contribution in [0.5, 0.6) is 0 Å². The molecule has 0 aliphatic heterocycles. The summed E-state index contributed by atoms with van der Waals surface area (Å²) in [4.78, 5) is 19.9. The van der Waals surface area contributed by atoms with E-state index in [1.807, 2.05) is 0 Å². The van der Waals surface area contributed by atoms with Crippen molar-refractivity contribution in [2.24, 2.45) is 11.8 Å². The molecule has 1 unspecified atom stereocenters. The predicted octanol–water partition coefficient (Wildman–Crippen LogP) is 2.03. The van der Waals surface area contributed by atoms with Crippen LogP contribution in [-0.2, 0) is 0 Å². The van der Waals surface area contributed by atoms with E-state index in [0.29, 0.717) is 17.5 Å². The summed E-state index contributed by atoms with van der Waals surface area (Å²) in [7, 11) is 0. The van der Waals surface area contributed by atoms with Gasteiger partial charge in [0.05, 0.1) is 6.20 Å². The summed E-state index contributed by atoms with van der Waals surface area (Å²) in [5, 5.41) is 3.09. The van der Waals surface area contributed by atoms with E-state index < -0.39 is 0 Å². The van der Waals surface area contributed by atoms with Crippen molar-refractivity contribution in [2.45, 2.75) is 39.2 Å². The van der Waals surface area contributed by atoms with Gasteiger partial charge in [-0.3, -0.25) is 9.78 Å². The van der Waals surface area contributed by atoms with Gasteiger partial charge in [0.1, 0.15) is 5.69 Å². The number of nitrogens with zero attached hydrogens (tertiary/aromatic N) is 2. The van der Waals surface area contributed by atoms with Gasteiger partial charge >= 0.3 is 0 Å². The zero-order valence-electron chi connectivity index (χ0n) is 10.4. The van der Waals surface area contributed by atoms with E-state index in [0.717, 1.165) is 0 Å². The molecule has 1 amide bonds. The minimum Gasteiger partial charge on any atom is -0.347 e. The second-order valence-corrected chi connectivity index (χ2v) is 4.98. The van der Waals surface area contributed by atoms with Crippen molar-refractivity contribution in [1.82, 2.24) is 15.3 Å². The molecule has 4 heteroatoms. The molecule has 1 aliphatic rings. The van der Waals surface area contributed by atoms with Gasteiger partial charge in [-0.15, -0.1) is 0 Å². The van der Waals surface area contributed by atoms with Crippen molar-refractivity contribution in [2.75, 3.05) is 0 Å². The first-order valence-corrected chi connectivity index (χ1v) is 6.25. The Morgan fingerprint density at radius 3 is 2.59 bits per heavy atom. The van der Waals surface area contributed by atoms with Crippen LogP contribution in [0.4, 0.5) is 0 Å². The third kappa shape index (κ3) is 2.81. The average Bonchev–Trinajstić information content (AvgIpc) is 2.35. The topological polar surface area (TPSA) is 54.9 Å². The third-order valence-electron chi connectivity index (χ3n) is 3.64. The summed E-state index contributed by atoms with van der Waals surface area (Å²) in [6.45, 7) is 4.41. The van der Waals surface area contributed by atoms with E-state index in [9.17, 15) is 4.79 Å². The molecule has 0 aromatic carbocycles. The number of rotatable bonds is 2. The highest BCUT2D eigenvalue weighted by atomic mass is 16.1. The molecule has 0 bridgehead atoms. The molecule has 1 aromatic heterocycles. The Bertz CT molecular complexity index is 370. The number of aromatic nitrogens is 2. The van der Waals surface area contributed by atoms with E-state index in [4.69, 9.17) is 0 Å². The zero-order chi connectivity index (χ0) is 12.3. The Labute approximate surface area is 102 Å². The van der Waals surface area contributed by atoms with Gasteiger partial charge in [0, 0.05) is 18.4 Å². The Morgan fingerprint density at radius 2 is 2.00 bits per heavy atom. The Hall–Kier alpha value is -1.45. The van der Waals surface area contributed by atoms with Crippen LogP contribution in [0, 0.1) is 11.8 Å². The summed E-state index contributed by atoms with van der Waals surface area (Å²) in [5.74, 6) is 0.974. The van der Waals surface area contributed by atoms with E-state index in [-0.39, 0.29) is 11.9 Å². The Morgan fingerprint density at radius 1 is 1.29 bits per heavy atom. The number of amides is 1. The molecule has 4 nitrogen and oxygen atoms in total. The normalized spacial score (nSPS) is 28.7. The monoisotopic (exact) mass is 233 g/mol. The van der Waals surface area contributed by atoms with Crippen molar-refractivity contribution in [3.8, 4) is 0 Å². The minimum atomic E-state index is -0.108. The fraction of sp³-hybridized carbons (Fsp3) is 0.615. The summed E-state index contributed by atoms with van der Waals surface area (Å²) in [6, 6.07) is 0.262. The maximum atomic E-state index is 12.0. The quantitative estimate of drug-likeness (QED) is 0.850. The molecular formula is C13H19N3O. The molecule has 0 saturated heterocycles. The lowest BCUT2D eigenvalue weighted by molar-refractivity contribution is 0.0875. The number of hydrogen-bond donors (Lipinski definition) is 1. The van der Waals surface area contributed by atoms with Gasteiger partial charge < -0.3 is 5.32 Å². The third-order valence-corrected chi connectivity index (χ3v) is 3.64. The van der Waals surface area contributed by atoms with E-state index in [1.165, 1.54) is 25.5 Å². The average molecular weight is 233 g/mol. The maximum absolute atomic E-state index is 12.0. The minimum absolute atomic E-state index is 0.108. The zero-order valence-corrected chi connectivity index (χ0v) is 10.4. The van der Waals surface area contributed by atoms with Gasteiger partial charge in [0.25, 0.3) is 5.91 Å². The second kappa shape index (κ2) is 5.25. The lowest BCUT2D eigenvalue weighted by Crippen LogP contribution is -2.46. The summed E-state index contributed by atoms with van der Waals surface area (Å²) in [6.07, 6.45) is 8.27. The number of hydrogen-bond acceptors (Lipinski definition) is 3. The van der Waals surface area contributed by atoms with Crippen molar-refractivity contribution in [1.29, 1.82) is 0 Å². The van der Waals surface area contributed by atoms with Crippen LogP contribution >= 0.6 is 0 Å². The van der Waals surface area contributed by atoms with E-state index in [1.54, 1.807) is 12.4 Å². The maximum Gasteiger partial charge on any atom is 0.271 e. The summed E-state index contributed by atoms with van der Waals surface area (Å²) in [5.41, 5.74) is 0.400. The Kier molecular flexibility index (Phi) is 3.71. The summed E-state index contributed by atoms with van der Waals surface area (Å²) < 4.78 is 0. The molecule has 3 atom stereocenters. The highest BCUT2D eigenvalue weighted by Gasteiger charge is 2.29. The molecule has 17 heavy (non-hydrogen) atoms. The van der Waals surface area contributed by atoms with Crippen molar-refractivity contribution in [3.63, 3.8) is 0 Å². The van der Waals surface area contributed by atoms with Crippen molar-refractivity contribution in [3.05, 3.63) is 24.3 Å². The van der Waals surface area contributed by atoms with E-state index >= 15 is 0 Å². The van der Waals surface area contributed by atoms with Gasteiger partial charge in [0.15, 0.2) is 0 Å². The number of nitrogens with one attached hydrogen (secondary N) is 1. The van der Waals surface area contributed by atoms with Crippen LogP contribution in [0.25, 0.3) is 0 Å². The molecule has 1 aliphatic carbocycles. The highest BCUT2D eigenvalue weighted by Crippen LogP contribution is 2.28. The number of carbonyl (C=O) groups excluding carboxylic acids is 1. The van der Waals surface area contributed by atoms with E-state index in [2.05, 4.69) is 29.1 Å². The Balaban J connectivity index is 2.03. The van der Waals surface area contributed by atoms with Crippen LogP contribution in [0.1, 0.15) is 43.6 Å². The van der Waals surface area contributed by atoms with Gasteiger partial charge in [-0.1, -0.05) is 20.3 Å². The van der Waals surface area contributed by atoms with Gasteiger partial charge in [0.2, 0.25) is 0 Å². The summed E-state index contributed by atoms with van der Waals surface area (Å²) >= 11 is 0. The number of carbonyl (C=O) groups is 1. The van der Waals surface area contributed by atoms with Gasteiger partial charge in [-0.2, -0.15) is 0 Å². The van der Waals surface area contributed by atoms with Crippen LogP contribution in [0.15, 0.2) is 18.6 Å². The van der Waals surface area contributed by atoms with Crippen LogP contribution < -0.4 is 5.32 Å². The lowest BCUT2D eigenvalue weighted by Gasteiger charge is -2.34. The first-order chi connectivity index (χ1) is 8.18. The molecule has 1 aromatic rings. The molecule has 0 radical (unpaired) electrons. The molecule has 1 fully saturated rings. The predicted molar refractivity (Wildman–Crippen MR) is 65.5 cm³/mol. The molecule has 1 saturated carbocycles. The van der Waals surface area contributed by atoms with Crippen LogP contribution in [-0.4, -0.2) is 21.9 Å². The molecule has 92 valence electrons. The SMILES string of the molecule is C[C@@H]1CCC[C@H](C)C1NC(=O)c1cnccn1. The fourth-order valence-electron chi connectivity index (χ4n) is 2.61. The van der Waals surface area contributed by atoms with Crippen molar-refractivity contribution >= 4 is 5.91 Å². The first kappa shape index (κ1) is 12.0. The fourth-order valence-corrected chi connectivity index (χ4v) is 2.61. The first-order valence-electron chi connectivity index (χ1n) is 6.25. The molecule has 1 N–H and O–H groups in total. The molecule has 1 heterocycles. The largest absolute Gasteiger partial charge is 0.347 e. The van der Waals surface area contributed by atoms with Gasteiger partial charge in [-0.05, 0) is 24.7 Å². The van der Waals surface area contributed by atoms with Crippen molar-refractivity contribution < 1.29 is 4.79 Å². The molecule has 2 rings (SSSR count). The van der Waals surface area contributed by atoms with Crippen LogP contribution in [0.3, 0.4) is 0 Å².